The van der Waals surface area contributed by atoms with Gasteiger partial charge in [0, 0.05) is 0 Å². The molecule has 0 aliphatic carbocycles. The zero-order valence-corrected chi connectivity index (χ0v) is 21.1. The second-order valence-electron chi connectivity index (χ2n) is 5.06. The molecule has 25 heavy (non-hydrogen) atoms. The van der Waals surface area contributed by atoms with Gasteiger partial charge in [-0.2, -0.15) is 0 Å². The normalized spacial score (nSPS) is 10.0. The zero-order valence-electron chi connectivity index (χ0n) is 13.5. The Morgan fingerprint density at radius 2 is 1.20 bits per heavy atom. The van der Waals surface area contributed by atoms with Gasteiger partial charge in [0.05, 0.1) is 0 Å². The van der Waals surface area contributed by atoms with Crippen molar-refractivity contribution in [1.82, 2.24) is 9.97 Å². The number of oxazole rings is 2. The molecule has 0 aliphatic rings. The van der Waals surface area contributed by atoms with E-state index in [0.29, 0.717) is 0 Å². The molecule has 0 atom stereocenters. The first kappa shape index (κ1) is 20.4. The van der Waals surface area contributed by atoms with Gasteiger partial charge in [-0.15, -0.1) is 48.0 Å². The molecule has 0 saturated heterocycles. The van der Waals surface area contributed by atoms with Crippen molar-refractivity contribution in [3.8, 4) is 11.5 Å². The number of nitrogens with zero attached hydrogens (tertiary/aromatic N) is 2. The third kappa shape index (κ3) is 4.25. The molecule has 9 heteroatoms. The number of ether oxygens (including phenoxy) is 2. The molecule has 0 radical (unpaired) electrons. The van der Waals surface area contributed by atoms with Gasteiger partial charge in [0.15, 0.2) is 0 Å². The Hall–Kier alpha value is -0.937. The first-order valence-electron chi connectivity index (χ1n) is 7.12. The maximum absolute atomic E-state index is 5.80. The van der Waals surface area contributed by atoms with E-state index in [1.165, 1.54) is 0 Å². The van der Waals surface area contributed by atoms with Crippen molar-refractivity contribution in [2.24, 2.45) is 0 Å². The van der Waals surface area contributed by atoms with Crippen molar-refractivity contribution in [3.05, 3.63) is 36.4 Å². The van der Waals surface area contributed by atoms with E-state index in [2.05, 4.69) is 9.97 Å². The van der Waals surface area contributed by atoms with Crippen LogP contribution in [0.15, 0.2) is 45.2 Å². The fourth-order valence-corrected chi connectivity index (χ4v) is 4.99. The summed E-state index contributed by atoms with van der Waals surface area (Å²) in [6, 6.07) is 11.2. The number of hydrogen-bond donors (Lipinski definition) is 0. The van der Waals surface area contributed by atoms with E-state index < -0.39 is 17.1 Å². The van der Waals surface area contributed by atoms with Crippen LogP contribution in [0.1, 0.15) is 0 Å². The van der Waals surface area contributed by atoms with Crippen LogP contribution in [0.25, 0.3) is 22.2 Å². The van der Waals surface area contributed by atoms with Crippen LogP contribution in [0.4, 0.5) is 0 Å². The Morgan fingerprint density at radius 1 is 0.760 bits per heavy atom. The number of halogens is 2. The molecule has 6 nitrogen and oxygen atoms in total. The second-order valence-corrected chi connectivity index (χ2v) is 8.34. The third-order valence-electron chi connectivity index (χ3n) is 3.58. The van der Waals surface area contributed by atoms with E-state index in [-0.39, 0.29) is 48.0 Å². The molecular formula is C16H14I2N2O4Zn. The Balaban J connectivity index is 0.00000113. The minimum Gasteiger partial charge on any atom is -0.107 e. The van der Waals surface area contributed by atoms with Gasteiger partial charge in [0.1, 0.15) is 0 Å². The molecule has 0 unspecified atom stereocenters. The van der Waals surface area contributed by atoms with Crippen LogP contribution in [0.3, 0.4) is 0 Å². The van der Waals surface area contributed by atoms with Gasteiger partial charge in [-0.3, -0.25) is 0 Å². The van der Waals surface area contributed by atoms with Gasteiger partial charge in [0.25, 0.3) is 0 Å². The second kappa shape index (κ2) is 8.63. The standard InChI is InChI=1S/2C8H6NO2.2HI.Zn/c2*1-10-6-2-3-8-7(4-6)9-5-11-8;;;/h2*2-4H,1H3;2*1H;. The van der Waals surface area contributed by atoms with Gasteiger partial charge >= 0.3 is 139 Å². The summed E-state index contributed by atoms with van der Waals surface area (Å²) in [6.45, 7) is 0. The maximum Gasteiger partial charge on any atom is -0.107 e. The number of hydrogen-bond acceptors (Lipinski definition) is 6. The van der Waals surface area contributed by atoms with E-state index in [9.17, 15) is 0 Å². The van der Waals surface area contributed by atoms with E-state index in [1.807, 2.05) is 36.4 Å². The molecule has 4 aromatic rings. The first-order valence-corrected chi connectivity index (χ1v) is 10.1. The Bertz CT molecular complexity index is 922. The van der Waals surface area contributed by atoms with Gasteiger partial charge in [-0.05, 0) is 0 Å². The fourth-order valence-electron chi connectivity index (χ4n) is 2.44. The van der Waals surface area contributed by atoms with Crippen molar-refractivity contribution in [1.29, 1.82) is 0 Å². The minimum absolute atomic E-state index is 0. The Labute approximate surface area is 185 Å². The molecule has 2 heterocycles. The average molecular weight is 617 g/mol. The molecule has 0 fully saturated rings. The monoisotopic (exact) mass is 616 g/mol. The number of fused-ring (bicyclic) bond motifs is 2. The Morgan fingerprint density at radius 3 is 1.60 bits per heavy atom. The Kier molecular flexibility index (Phi) is 7.04. The van der Waals surface area contributed by atoms with Gasteiger partial charge in [-0.25, -0.2) is 0 Å². The summed E-state index contributed by atoms with van der Waals surface area (Å²) in [6.07, 6.45) is 0. The summed E-state index contributed by atoms with van der Waals surface area (Å²) in [5, 5.41) is 0. The predicted octanol–water partition coefficient (Wildman–Crippen LogP) is 3.26. The topological polar surface area (TPSA) is 70.5 Å². The minimum atomic E-state index is -1.52. The van der Waals surface area contributed by atoms with Crippen LogP contribution in [0.2, 0.25) is 0 Å². The van der Waals surface area contributed by atoms with Gasteiger partial charge in [-0.1, -0.05) is 0 Å². The number of aromatic nitrogens is 2. The van der Waals surface area contributed by atoms with E-state index in [1.54, 1.807) is 14.2 Å². The number of rotatable bonds is 4. The fraction of sp³-hybridized carbons (Fsp3) is 0.125. The van der Waals surface area contributed by atoms with E-state index >= 15 is 0 Å². The molecule has 2 aromatic carbocycles. The molecule has 2 aromatic heterocycles. The summed E-state index contributed by atoms with van der Waals surface area (Å²) < 4.78 is 23.5. The molecular weight excluding hydrogens is 603 g/mol. The van der Waals surface area contributed by atoms with Crippen molar-refractivity contribution in [2.45, 2.75) is 0 Å². The molecule has 0 N–H and O–H groups in total. The van der Waals surface area contributed by atoms with E-state index in [0.717, 1.165) is 42.7 Å². The first-order chi connectivity index (χ1) is 11.2. The molecule has 0 saturated carbocycles. The van der Waals surface area contributed by atoms with Gasteiger partial charge < -0.3 is 0 Å². The maximum atomic E-state index is 5.80. The zero-order chi connectivity index (χ0) is 15.8. The number of benzene rings is 2. The van der Waals surface area contributed by atoms with E-state index in [4.69, 9.17) is 18.3 Å². The predicted molar refractivity (Wildman–Crippen MR) is 111 cm³/mol. The molecule has 0 amide bonds. The van der Waals surface area contributed by atoms with Crippen molar-refractivity contribution in [2.75, 3.05) is 14.2 Å². The summed E-state index contributed by atoms with van der Waals surface area (Å²) in [7, 11) is 3.26. The van der Waals surface area contributed by atoms with Crippen LogP contribution < -0.4 is 18.4 Å². The molecule has 0 aliphatic heterocycles. The van der Waals surface area contributed by atoms with Crippen LogP contribution >= 0.6 is 48.0 Å². The van der Waals surface area contributed by atoms with Crippen molar-refractivity contribution in [3.63, 3.8) is 0 Å². The van der Waals surface area contributed by atoms with Crippen molar-refractivity contribution >= 4 is 79.1 Å². The summed E-state index contributed by atoms with van der Waals surface area (Å²) in [4.78, 5) is 9.06. The number of methoxy groups -OCH3 is 2. The summed E-state index contributed by atoms with van der Waals surface area (Å²) >= 11 is -1.52. The summed E-state index contributed by atoms with van der Waals surface area (Å²) in [5.41, 5.74) is 3.10. The molecule has 0 bridgehead atoms. The van der Waals surface area contributed by atoms with Crippen LogP contribution in [0.5, 0.6) is 11.5 Å². The average Bonchev–Trinajstić information content (AvgIpc) is 3.15. The van der Waals surface area contributed by atoms with Crippen molar-refractivity contribution < 1.29 is 35.4 Å². The quantitative estimate of drug-likeness (QED) is 0.259. The largest absolute Gasteiger partial charge is 0.107 e. The third-order valence-corrected chi connectivity index (χ3v) is 6.12. The van der Waals surface area contributed by atoms with Crippen LogP contribution in [0, 0.1) is 0 Å². The smallest absolute Gasteiger partial charge is 0.107 e. The molecule has 128 valence electrons. The molecule has 4 rings (SSSR count). The van der Waals surface area contributed by atoms with Crippen LogP contribution in [-0.2, 0) is 17.1 Å². The van der Waals surface area contributed by atoms with Gasteiger partial charge in [0.2, 0.25) is 0 Å². The SMILES string of the molecule is COc1ccc2o[c]([Zn][c]3nc4cc(OC)ccc4o3)nc2c1.I.I. The summed E-state index contributed by atoms with van der Waals surface area (Å²) in [5.74, 6) is 1.53. The molecule has 0 spiro atoms. The van der Waals surface area contributed by atoms with Crippen LogP contribution in [-0.4, -0.2) is 24.2 Å².